The molecule has 0 aliphatic rings. The molecular formula is C67H40N2. The molecule has 0 aliphatic carbocycles. The molecule has 14 rings (SSSR count). The number of nitriles is 1. The second-order valence-corrected chi connectivity index (χ2v) is 18.4. The summed E-state index contributed by atoms with van der Waals surface area (Å²) in [7, 11) is 0. The van der Waals surface area contributed by atoms with Crippen LogP contribution in [0.2, 0.25) is 0 Å². The van der Waals surface area contributed by atoms with Crippen LogP contribution in [-0.2, 0) is 0 Å². The van der Waals surface area contributed by atoms with E-state index in [2.05, 4.69) is 241 Å². The maximum atomic E-state index is 10.0. The van der Waals surface area contributed by atoms with Crippen molar-refractivity contribution in [3.05, 3.63) is 248 Å². The number of benzene rings is 13. The van der Waals surface area contributed by atoms with E-state index >= 15 is 0 Å². The first-order valence-corrected chi connectivity index (χ1v) is 23.6. The first kappa shape index (κ1) is 38.9. The van der Waals surface area contributed by atoms with Crippen LogP contribution in [0, 0.1) is 11.3 Å². The number of hydrogen-bond acceptors (Lipinski definition) is 1. The third-order valence-corrected chi connectivity index (χ3v) is 14.5. The van der Waals surface area contributed by atoms with Crippen molar-refractivity contribution >= 4 is 75.7 Å². The van der Waals surface area contributed by atoms with Gasteiger partial charge in [-0.1, -0.05) is 182 Å². The normalized spacial score (nSPS) is 11.8. The largest absolute Gasteiger partial charge is 0.309 e. The van der Waals surface area contributed by atoms with Gasteiger partial charge in [-0.2, -0.15) is 5.26 Å². The Hall–Kier alpha value is -9.29. The summed E-state index contributed by atoms with van der Waals surface area (Å²) in [6.45, 7) is 0. The molecule has 0 unspecified atom stereocenters. The molecule has 1 heterocycles. The maximum absolute atomic E-state index is 10.0. The molecule has 0 saturated carbocycles. The van der Waals surface area contributed by atoms with Crippen LogP contribution in [0.25, 0.3) is 137 Å². The van der Waals surface area contributed by atoms with Crippen molar-refractivity contribution < 1.29 is 0 Å². The summed E-state index contributed by atoms with van der Waals surface area (Å²) in [4.78, 5) is 0. The van der Waals surface area contributed by atoms with E-state index < -0.39 is 0 Å². The van der Waals surface area contributed by atoms with Crippen LogP contribution in [0.5, 0.6) is 0 Å². The van der Waals surface area contributed by atoms with E-state index in [1.54, 1.807) is 0 Å². The van der Waals surface area contributed by atoms with E-state index in [4.69, 9.17) is 0 Å². The molecule has 2 nitrogen and oxygen atoms in total. The van der Waals surface area contributed by atoms with Gasteiger partial charge in [0.1, 0.15) is 0 Å². The number of fused-ring (bicyclic) bond motifs is 4. The summed E-state index contributed by atoms with van der Waals surface area (Å²) in [6, 6.07) is 91.2. The van der Waals surface area contributed by atoms with Gasteiger partial charge in [-0.25, -0.2) is 0 Å². The fourth-order valence-electron chi connectivity index (χ4n) is 11.2. The molecule has 0 spiro atoms. The van der Waals surface area contributed by atoms with Gasteiger partial charge in [0.15, 0.2) is 0 Å². The predicted octanol–water partition coefficient (Wildman–Crippen LogP) is 18.2. The Morgan fingerprint density at radius 3 is 1.26 bits per heavy atom. The van der Waals surface area contributed by atoms with Crippen LogP contribution in [-0.4, -0.2) is 4.57 Å². The van der Waals surface area contributed by atoms with Gasteiger partial charge >= 0.3 is 0 Å². The van der Waals surface area contributed by atoms with E-state index in [0.717, 1.165) is 38.8 Å². The fraction of sp³-hybridized carbons (Fsp3) is 0. The molecule has 0 amide bonds. The molecule has 0 N–H and O–H groups in total. The van der Waals surface area contributed by atoms with Gasteiger partial charge < -0.3 is 4.57 Å². The Morgan fingerprint density at radius 1 is 0.275 bits per heavy atom. The van der Waals surface area contributed by atoms with Crippen molar-refractivity contribution in [1.82, 2.24) is 4.57 Å². The Kier molecular flexibility index (Phi) is 8.68. The lowest BCUT2D eigenvalue weighted by molar-refractivity contribution is 1.18. The topological polar surface area (TPSA) is 28.7 Å². The molecule has 0 atom stereocenters. The Morgan fingerprint density at radius 2 is 0.696 bits per heavy atom. The van der Waals surface area contributed by atoms with Crippen molar-refractivity contribution in [3.8, 4) is 67.4 Å². The Bertz CT molecular complexity index is 4400. The average molecular weight is 873 g/mol. The molecule has 0 bridgehead atoms. The minimum absolute atomic E-state index is 0.662. The molecule has 14 aromatic rings. The minimum Gasteiger partial charge on any atom is -0.309 e. The first-order valence-electron chi connectivity index (χ1n) is 23.6. The van der Waals surface area contributed by atoms with Crippen LogP contribution in [0.4, 0.5) is 0 Å². The minimum atomic E-state index is 0.662. The lowest BCUT2D eigenvalue weighted by Crippen LogP contribution is -1.94. The monoisotopic (exact) mass is 872 g/mol. The van der Waals surface area contributed by atoms with Crippen LogP contribution in [0.3, 0.4) is 0 Å². The van der Waals surface area contributed by atoms with Crippen molar-refractivity contribution in [3.63, 3.8) is 0 Å². The summed E-state index contributed by atoms with van der Waals surface area (Å²) in [6.07, 6.45) is 0. The maximum Gasteiger partial charge on any atom is 0.0992 e. The van der Waals surface area contributed by atoms with Crippen LogP contribution in [0.1, 0.15) is 5.56 Å². The van der Waals surface area contributed by atoms with Gasteiger partial charge in [0.05, 0.1) is 22.7 Å². The second kappa shape index (κ2) is 15.4. The zero-order chi connectivity index (χ0) is 45.6. The molecule has 13 aromatic carbocycles. The van der Waals surface area contributed by atoms with E-state index in [-0.39, 0.29) is 0 Å². The van der Waals surface area contributed by atoms with Gasteiger partial charge in [-0.05, 0) is 170 Å². The predicted molar refractivity (Wildman–Crippen MR) is 291 cm³/mol. The molecular weight excluding hydrogens is 833 g/mol. The highest BCUT2D eigenvalue weighted by molar-refractivity contribution is 6.26. The van der Waals surface area contributed by atoms with Crippen molar-refractivity contribution in [2.45, 2.75) is 0 Å². The molecule has 0 fully saturated rings. The number of rotatable bonds is 6. The Balaban J connectivity index is 0.973. The number of hydrogen-bond donors (Lipinski definition) is 0. The molecule has 0 aliphatic heterocycles. The van der Waals surface area contributed by atoms with E-state index in [0.29, 0.717) is 5.56 Å². The summed E-state index contributed by atoms with van der Waals surface area (Å²) in [5, 5.41) is 24.5. The molecule has 2 heteroatoms. The highest BCUT2D eigenvalue weighted by atomic mass is 15.0. The second-order valence-electron chi connectivity index (χ2n) is 18.4. The van der Waals surface area contributed by atoms with E-state index in [1.165, 1.54) is 98.2 Å². The summed E-state index contributed by atoms with van der Waals surface area (Å²) in [5.74, 6) is 0. The zero-order valence-electron chi connectivity index (χ0n) is 37.5. The zero-order valence-corrected chi connectivity index (χ0v) is 37.5. The van der Waals surface area contributed by atoms with Crippen LogP contribution < -0.4 is 0 Å². The Labute approximate surface area is 399 Å². The van der Waals surface area contributed by atoms with E-state index in [1.807, 2.05) is 12.1 Å². The quantitative estimate of drug-likeness (QED) is 0.121. The first-order chi connectivity index (χ1) is 34.1. The van der Waals surface area contributed by atoms with Gasteiger partial charge in [0.2, 0.25) is 0 Å². The number of aromatic nitrogens is 1. The fourth-order valence-corrected chi connectivity index (χ4v) is 11.2. The summed E-state index contributed by atoms with van der Waals surface area (Å²) >= 11 is 0. The number of para-hydroxylation sites is 1. The lowest BCUT2D eigenvalue weighted by atomic mass is 9.83. The van der Waals surface area contributed by atoms with Crippen LogP contribution >= 0.6 is 0 Å². The molecule has 0 radical (unpaired) electrons. The SMILES string of the molecule is N#Cc1cc2ccc3cc(-c4ccc(-c5ccc6c(-c7ccc8ccccc8c7)c7cc(-c8ccccc8)ccc7c(-c7ccc8ccccc8c7)c6c5)cc4)cc4c3c2c(c1)n4-c1ccccc1. The van der Waals surface area contributed by atoms with Gasteiger partial charge in [-0.3, -0.25) is 0 Å². The lowest BCUT2D eigenvalue weighted by Gasteiger charge is -2.20. The summed E-state index contributed by atoms with van der Waals surface area (Å²) in [5.41, 5.74) is 15.8. The third-order valence-electron chi connectivity index (χ3n) is 14.5. The van der Waals surface area contributed by atoms with Crippen molar-refractivity contribution in [2.75, 3.05) is 0 Å². The van der Waals surface area contributed by atoms with Gasteiger partial charge in [0.25, 0.3) is 0 Å². The van der Waals surface area contributed by atoms with Crippen molar-refractivity contribution in [1.29, 1.82) is 5.26 Å². The number of nitrogens with zero attached hydrogens (tertiary/aromatic N) is 2. The van der Waals surface area contributed by atoms with E-state index in [9.17, 15) is 5.26 Å². The van der Waals surface area contributed by atoms with Gasteiger partial charge in [0, 0.05) is 16.5 Å². The third kappa shape index (κ3) is 6.26. The van der Waals surface area contributed by atoms with Crippen molar-refractivity contribution in [2.24, 2.45) is 0 Å². The molecule has 1 aromatic heterocycles. The smallest absolute Gasteiger partial charge is 0.0992 e. The highest BCUT2D eigenvalue weighted by Gasteiger charge is 2.21. The average Bonchev–Trinajstić information content (AvgIpc) is 3.76. The standard InChI is InChI=1S/C67H40N2/c68-41-42-33-52-27-28-55-37-56(40-63-67(55)66(52)62(34-42)69(63)57-17-5-2-6-18-57)47-21-19-46(20-22-47)51-30-32-59-61(39-51)65(54-26-24-45-14-8-10-16-49(45)36-54)58-31-29-50(43-11-3-1-4-12-43)38-60(58)64(59)53-25-23-44-13-7-9-15-48(44)35-53/h1-40H. The van der Waals surface area contributed by atoms with Gasteiger partial charge in [-0.15, -0.1) is 0 Å². The van der Waals surface area contributed by atoms with Crippen LogP contribution in [0.15, 0.2) is 243 Å². The molecule has 0 saturated heterocycles. The highest BCUT2D eigenvalue weighted by Crippen LogP contribution is 2.48. The summed E-state index contributed by atoms with van der Waals surface area (Å²) < 4.78 is 2.32. The molecule has 318 valence electrons. The molecule has 69 heavy (non-hydrogen) atoms.